The Labute approximate surface area is 82.4 Å². The summed E-state index contributed by atoms with van der Waals surface area (Å²) in [6.45, 7) is 1.81. The van der Waals surface area contributed by atoms with Crippen LogP contribution in [0.2, 0.25) is 0 Å². The highest BCUT2D eigenvalue weighted by atomic mass is 19.1. The summed E-state index contributed by atoms with van der Waals surface area (Å²) >= 11 is 0. The topological polar surface area (TPSA) is 32.3 Å². The number of nitrogens with zero attached hydrogens (tertiary/aromatic N) is 4. The summed E-state index contributed by atoms with van der Waals surface area (Å²) in [5.74, 6) is 0.207. The van der Waals surface area contributed by atoms with Crippen molar-refractivity contribution in [2.45, 2.75) is 6.04 Å². The van der Waals surface area contributed by atoms with E-state index in [0.717, 1.165) is 13.1 Å². The van der Waals surface area contributed by atoms with Crippen LogP contribution in [0.1, 0.15) is 0 Å². The first kappa shape index (κ1) is 9.33. The van der Waals surface area contributed by atoms with E-state index in [4.69, 9.17) is 0 Å². The third-order valence-corrected chi connectivity index (χ3v) is 2.54. The molecule has 2 heterocycles. The van der Waals surface area contributed by atoms with Gasteiger partial charge < -0.3 is 9.80 Å². The zero-order chi connectivity index (χ0) is 10.1. The van der Waals surface area contributed by atoms with Gasteiger partial charge in [0.15, 0.2) is 0 Å². The summed E-state index contributed by atoms with van der Waals surface area (Å²) < 4.78 is 12.8. The van der Waals surface area contributed by atoms with Crippen LogP contribution in [0.4, 0.5) is 10.2 Å². The van der Waals surface area contributed by atoms with Crippen LogP contribution in [-0.2, 0) is 0 Å². The molecular weight excluding hydrogens is 183 g/mol. The zero-order valence-electron chi connectivity index (χ0n) is 8.31. The second kappa shape index (κ2) is 3.49. The highest BCUT2D eigenvalue weighted by Crippen LogP contribution is 2.19. The van der Waals surface area contributed by atoms with Crippen LogP contribution in [-0.4, -0.2) is 48.1 Å². The van der Waals surface area contributed by atoms with Gasteiger partial charge in [0.05, 0.1) is 0 Å². The maximum atomic E-state index is 12.8. The van der Waals surface area contributed by atoms with E-state index in [1.54, 1.807) is 0 Å². The molecule has 4 nitrogen and oxygen atoms in total. The Hall–Kier alpha value is -1.23. The quantitative estimate of drug-likeness (QED) is 0.639. The Kier molecular flexibility index (Phi) is 2.33. The van der Waals surface area contributed by atoms with E-state index < -0.39 is 5.95 Å². The molecule has 2 rings (SSSR count). The highest BCUT2D eigenvalue weighted by molar-refractivity contribution is 5.41. The van der Waals surface area contributed by atoms with E-state index in [9.17, 15) is 4.39 Å². The summed E-state index contributed by atoms with van der Waals surface area (Å²) in [5, 5.41) is 0. The number of halogens is 1. The molecule has 0 aromatic carbocycles. The molecule has 0 bridgehead atoms. The molecule has 1 fully saturated rings. The minimum atomic E-state index is -0.469. The standard InChI is InChI=1S/C9H13FN4/c1-13(2)7-4-14(5-7)9-3-8(10)11-6-12-9/h3,6-7H,4-5H2,1-2H3. The van der Waals surface area contributed by atoms with Crippen molar-refractivity contribution in [2.75, 3.05) is 32.1 Å². The number of likely N-dealkylation sites (N-methyl/N-ethyl adjacent to an activating group) is 1. The Bertz CT molecular complexity index is 322. The zero-order valence-corrected chi connectivity index (χ0v) is 8.31. The molecule has 0 atom stereocenters. The second-order valence-electron chi connectivity index (χ2n) is 3.72. The molecule has 0 aliphatic carbocycles. The van der Waals surface area contributed by atoms with Crippen molar-refractivity contribution in [1.29, 1.82) is 0 Å². The van der Waals surface area contributed by atoms with Gasteiger partial charge in [0.25, 0.3) is 0 Å². The molecule has 76 valence electrons. The Morgan fingerprint density at radius 3 is 2.71 bits per heavy atom. The molecule has 0 spiro atoms. The summed E-state index contributed by atoms with van der Waals surface area (Å²) in [5.41, 5.74) is 0. The predicted molar refractivity (Wildman–Crippen MR) is 51.7 cm³/mol. The monoisotopic (exact) mass is 196 g/mol. The predicted octanol–water partition coefficient (Wildman–Crippen LogP) is 0.366. The second-order valence-corrected chi connectivity index (χ2v) is 3.72. The maximum absolute atomic E-state index is 12.8. The van der Waals surface area contributed by atoms with Crippen LogP contribution in [0.5, 0.6) is 0 Å². The largest absolute Gasteiger partial charge is 0.353 e. The van der Waals surface area contributed by atoms with Crippen molar-refractivity contribution in [1.82, 2.24) is 14.9 Å². The van der Waals surface area contributed by atoms with E-state index in [0.29, 0.717) is 11.9 Å². The summed E-state index contributed by atoms with van der Waals surface area (Å²) in [6.07, 6.45) is 1.26. The Balaban J connectivity index is 2.00. The molecule has 5 heteroatoms. The van der Waals surface area contributed by atoms with Gasteiger partial charge in [-0.15, -0.1) is 0 Å². The van der Waals surface area contributed by atoms with Gasteiger partial charge in [-0.2, -0.15) is 4.39 Å². The third kappa shape index (κ3) is 1.68. The van der Waals surface area contributed by atoms with Crippen LogP contribution in [0, 0.1) is 5.95 Å². The van der Waals surface area contributed by atoms with Crippen molar-refractivity contribution in [2.24, 2.45) is 0 Å². The lowest BCUT2D eigenvalue weighted by molar-refractivity contribution is 0.246. The molecule has 14 heavy (non-hydrogen) atoms. The van der Waals surface area contributed by atoms with Gasteiger partial charge in [0, 0.05) is 25.2 Å². The smallest absolute Gasteiger partial charge is 0.218 e. The van der Waals surface area contributed by atoms with Gasteiger partial charge in [-0.25, -0.2) is 9.97 Å². The minimum absolute atomic E-state index is 0.469. The summed E-state index contributed by atoms with van der Waals surface area (Å²) in [4.78, 5) is 11.6. The highest BCUT2D eigenvalue weighted by Gasteiger charge is 2.29. The molecular formula is C9H13FN4. The van der Waals surface area contributed by atoms with E-state index in [-0.39, 0.29) is 0 Å². The van der Waals surface area contributed by atoms with Gasteiger partial charge in [-0.3, -0.25) is 0 Å². The van der Waals surface area contributed by atoms with Crippen LogP contribution >= 0.6 is 0 Å². The fraction of sp³-hybridized carbons (Fsp3) is 0.556. The number of aromatic nitrogens is 2. The van der Waals surface area contributed by atoms with E-state index >= 15 is 0 Å². The third-order valence-electron chi connectivity index (χ3n) is 2.54. The molecule has 0 unspecified atom stereocenters. The van der Waals surface area contributed by atoms with Crippen LogP contribution in [0.15, 0.2) is 12.4 Å². The number of anilines is 1. The summed E-state index contributed by atoms with van der Waals surface area (Å²) in [6, 6.07) is 1.92. The van der Waals surface area contributed by atoms with Crippen LogP contribution in [0.25, 0.3) is 0 Å². The average Bonchev–Trinajstić information content (AvgIpc) is 2.00. The van der Waals surface area contributed by atoms with Crippen molar-refractivity contribution in [3.05, 3.63) is 18.3 Å². The average molecular weight is 196 g/mol. The van der Waals surface area contributed by atoms with E-state index in [1.807, 2.05) is 19.0 Å². The SMILES string of the molecule is CN(C)C1CN(c2cc(F)ncn2)C1. The van der Waals surface area contributed by atoms with Crippen molar-refractivity contribution < 1.29 is 4.39 Å². The lowest BCUT2D eigenvalue weighted by Gasteiger charge is -2.43. The summed E-state index contributed by atoms with van der Waals surface area (Å²) in [7, 11) is 4.09. The molecule has 1 aliphatic rings. The molecule has 0 amide bonds. The fourth-order valence-corrected chi connectivity index (χ4v) is 1.47. The van der Waals surface area contributed by atoms with Crippen molar-refractivity contribution in [3.63, 3.8) is 0 Å². The first-order chi connectivity index (χ1) is 6.66. The minimum Gasteiger partial charge on any atom is -0.353 e. The first-order valence-electron chi connectivity index (χ1n) is 4.56. The number of hydrogen-bond acceptors (Lipinski definition) is 4. The van der Waals surface area contributed by atoms with Crippen LogP contribution in [0.3, 0.4) is 0 Å². The van der Waals surface area contributed by atoms with Crippen molar-refractivity contribution >= 4 is 5.82 Å². The maximum Gasteiger partial charge on any atom is 0.218 e. The van der Waals surface area contributed by atoms with E-state index in [1.165, 1.54) is 12.4 Å². The van der Waals surface area contributed by atoms with E-state index in [2.05, 4.69) is 14.9 Å². The van der Waals surface area contributed by atoms with Gasteiger partial charge >= 0.3 is 0 Å². The molecule has 1 aromatic rings. The van der Waals surface area contributed by atoms with Crippen LogP contribution < -0.4 is 4.90 Å². The molecule has 1 saturated heterocycles. The molecule has 1 aliphatic heterocycles. The molecule has 0 N–H and O–H groups in total. The Morgan fingerprint density at radius 2 is 2.14 bits per heavy atom. The lowest BCUT2D eigenvalue weighted by Crippen LogP contribution is -2.57. The van der Waals surface area contributed by atoms with Gasteiger partial charge in [-0.1, -0.05) is 0 Å². The first-order valence-corrected chi connectivity index (χ1v) is 4.56. The molecule has 0 saturated carbocycles. The van der Waals surface area contributed by atoms with Crippen molar-refractivity contribution in [3.8, 4) is 0 Å². The normalized spacial score (nSPS) is 17.3. The molecule has 0 radical (unpaired) electrons. The number of rotatable bonds is 2. The Morgan fingerprint density at radius 1 is 1.43 bits per heavy atom. The molecule has 1 aromatic heterocycles. The van der Waals surface area contributed by atoms with Gasteiger partial charge in [-0.05, 0) is 14.1 Å². The fourth-order valence-electron chi connectivity index (χ4n) is 1.47. The lowest BCUT2D eigenvalue weighted by atomic mass is 10.1. The number of hydrogen-bond donors (Lipinski definition) is 0. The van der Waals surface area contributed by atoms with Gasteiger partial charge in [0.1, 0.15) is 12.1 Å². The van der Waals surface area contributed by atoms with Gasteiger partial charge in [0.2, 0.25) is 5.95 Å².